The van der Waals surface area contributed by atoms with Crippen LogP contribution in [0.25, 0.3) is 0 Å². The Bertz CT molecular complexity index is 935. The molecule has 5 rings (SSSR count). The number of benzene rings is 1. The Hall–Kier alpha value is -2.05. The highest BCUT2D eigenvalue weighted by Crippen LogP contribution is 2.59. The molecule has 0 spiro atoms. The van der Waals surface area contributed by atoms with E-state index in [2.05, 4.69) is 29.7 Å². The van der Waals surface area contributed by atoms with Crippen LogP contribution in [0.1, 0.15) is 40.5 Å². The second kappa shape index (κ2) is 10.9. The average Bonchev–Trinajstić information content (AvgIpc) is 2.85. The van der Waals surface area contributed by atoms with Crippen LogP contribution in [0.2, 0.25) is 5.02 Å². The lowest BCUT2D eigenvalue weighted by Gasteiger charge is -2.57. The van der Waals surface area contributed by atoms with Crippen LogP contribution in [0.5, 0.6) is 5.75 Å². The molecule has 35 heavy (non-hydrogen) atoms. The van der Waals surface area contributed by atoms with Gasteiger partial charge >= 0.3 is 0 Å². The van der Waals surface area contributed by atoms with Crippen LogP contribution in [0.15, 0.2) is 35.9 Å². The normalized spacial score (nSPS) is 23.5. The van der Waals surface area contributed by atoms with Crippen molar-refractivity contribution in [1.82, 2.24) is 14.7 Å². The van der Waals surface area contributed by atoms with E-state index in [1.165, 1.54) is 12.0 Å². The van der Waals surface area contributed by atoms with Crippen molar-refractivity contribution in [2.24, 2.45) is 23.2 Å². The van der Waals surface area contributed by atoms with Crippen LogP contribution in [-0.4, -0.2) is 78.9 Å². The summed E-state index contributed by atoms with van der Waals surface area (Å²) in [5.41, 5.74) is 1.83. The van der Waals surface area contributed by atoms with Gasteiger partial charge in [-0.3, -0.25) is 14.5 Å². The maximum atomic E-state index is 13.0. The molecular weight excluding hydrogens is 462 g/mol. The number of halogens is 1. The first-order chi connectivity index (χ1) is 16.6. The van der Waals surface area contributed by atoms with Gasteiger partial charge in [0.1, 0.15) is 5.75 Å². The lowest BCUT2D eigenvalue weighted by Crippen LogP contribution is -2.53. The summed E-state index contributed by atoms with van der Waals surface area (Å²) in [7, 11) is 0. The number of amides is 2. The SMILES string of the molecule is CC(C)C(=O)N(CCN1CCN(C(=O)COc2ccc(Cl)cc2)CC1)CC1=CCC2CC1C2(C)C. The third-order valence-electron chi connectivity index (χ3n) is 8.35. The van der Waals surface area contributed by atoms with Gasteiger partial charge in [0.25, 0.3) is 5.91 Å². The molecule has 6 nitrogen and oxygen atoms in total. The van der Waals surface area contributed by atoms with E-state index in [-0.39, 0.29) is 24.3 Å². The highest BCUT2D eigenvalue weighted by molar-refractivity contribution is 6.30. The van der Waals surface area contributed by atoms with Gasteiger partial charge in [-0.1, -0.05) is 50.9 Å². The fourth-order valence-electron chi connectivity index (χ4n) is 5.76. The van der Waals surface area contributed by atoms with Gasteiger partial charge in [-0.05, 0) is 54.4 Å². The van der Waals surface area contributed by atoms with Crippen molar-refractivity contribution in [1.29, 1.82) is 0 Å². The summed E-state index contributed by atoms with van der Waals surface area (Å²) in [4.78, 5) is 31.9. The van der Waals surface area contributed by atoms with E-state index in [9.17, 15) is 9.59 Å². The smallest absolute Gasteiger partial charge is 0.260 e. The van der Waals surface area contributed by atoms with Crippen LogP contribution in [-0.2, 0) is 9.59 Å². The van der Waals surface area contributed by atoms with E-state index in [4.69, 9.17) is 16.3 Å². The Balaban J connectivity index is 1.24. The fourth-order valence-corrected chi connectivity index (χ4v) is 5.88. The van der Waals surface area contributed by atoms with Crippen LogP contribution in [0, 0.1) is 23.2 Å². The molecular formula is C28H40ClN3O3. The Morgan fingerprint density at radius 2 is 1.83 bits per heavy atom. The molecule has 0 N–H and O–H groups in total. The average molecular weight is 502 g/mol. The summed E-state index contributed by atoms with van der Waals surface area (Å²) in [5.74, 6) is 2.30. The van der Waals surface area contributed by atoms with E-state index in [0.717, 1.165) is 45.1 Å². The number of ether oxygens (including phenoxy) is 1. The van der Waals surface area contributed by atoms with Gasteiger partial charge in [0.05, 0.1) is 0 Å². The summed E-state index contributed by atoms with van der Waals surface area (Å²) in [6.45, 7) is 14.1. The van der Waals surface area contributed by atoms with Crippen LogP contribution in [0.3, 0.4) is 0 Å². The molecule has 1 saturated carbocycles. The number of carbonyl (C=O) groups is 2. The first-order valence-corrected chi connectivity index (χ1v) is 13.4. The zero-order chi connectivity index (χ0) is 25.2. The fraction of sp³-hybridized carbons (Fsp3) is 0.643. The summed E-state index contributed by atoms with van der Waals surface area (Å²) in [5, 5.41) is 0.643. The second-order valence-corrected chi connectivity index (χ2v) is 11.6. The molecule has 2 unspecified atom stereocenters. The number of rotatable bonds is 9. The molecule has 0 radical (unpaired) electrons. The molecule has 4 aliphatic rings. The molecule has 1 aliphatic heterocycles. The molecule has 0 aromatic heterocycles. The van der Waals surface area contributed by atoms with E-state index in [1.54, 1.807) is 24.3 Å². The third-order valence-corrected chi connectivity index (χ3v) is 8.60. The number of piperazine rings is 1. The largest absolute Gasteiger partial charge is 0.484 e. The minimum Gasteiger partial charge on any atom is -0.484 e. The second-order valence-electron chi connectivity index (χ2n) is 11.2. The van der Waals surface area contributed by atoms with Gasteiger partial charge in [-0.25, -0.2) is 0 Å². The zero-order valence-electron chi connectivity index (χ0n) is 21.6. The molecule has 2 bridgehead atoms. The maximum absolute atomic E-state index is 13.0. The van der Waals surface area contributed by atoms with Gasteiger partial charge in [0, 0.05) is 56.8 Å². The van der Waals surface area contributed by atoms with Gasteiger partial charge in [0.2, 0.25) is 5.91 Å². The van der Waals surface area contributed by atoms with Crippen molar-refractivity contribution in [2.75, 3.05) is 52.4 Å². The van der Waals surface area contributed by atoms with Crippen molar-refractivity contribution in [3.8, 4) is 5.75 Å². The zero-order valence-corrected chi connectivity index (χ0v) is 22.4. The van der Waals surface area contributed by atoms with E-state index in [0.29, 0.717) is 35.2 Å². The Labute approximate surface area is 215 Å². The van der Waals surface area contributed by atoms with Crippen LogP contribution in [0.4, 0.5) is 0 Å². The van der Waals surface area contributed by atoms with Crippen molar-refractivity contribution in [3.63, 3.8) is 0 Å². The molecule has 1 aromatic rings. The van der Waals surface area contributed by atoms with Crippen molar-refractivity contribution < 1.29 is 14.3 Å². The molecule has 7 heteroatoms. The number of nitrogens with zero attached hydrogens (tertiary/aromatic N) is 3. The predicted molar refractivity (Wildman–Crippen MR) is 139 cm³/mol. The monoisotopic (exact) mass is 501 g/mol. The Morgan fingerprint density at radius 3 is 2.43 bits per heavy atom. The molecule has 2 amide bonds. The standard InChI is InChI=1S/C28H40ClN3O3/c1-20(2)27(34)32(18-21-5-6-22-17-25(21)28(22,3)4)16-13-30-11-14-31(15-12-30)26(33)19-35-24-9-7-23(29)8-10-24/h5,7-10,20,22,25H,6,11-19H2,1-4H3. The molecule has 2 fully saturated rings. The number of fused-ring (bicyclic) bond motifs is 1. The third kappa shape index (κ3) is 6.03. The maximum Gasteiger partial charge on any atom is 0.260 e. The minimum atomic E-state index is -0.00329. The highest BCUT2D eigenvalue weighted by Gasteiger charge is 2.51. The molecule has 1 aromatic carbocycles. The molecule has 3 aliphatic carbocycles. The number of carbonyl (C=O) groups excluding carboxylic acids is 2. The number of hydrogen-bond donors (Lipinski definition) is 0. The summed E-state index contributed by atoms with van der Waals surface area (Å²) < 4.78 is 5.62. The first kappa shape index (κ1) is 26.0. The van der Waals surface area contributed by atoms with Gasteiger partial charge in [-0.2, -0.15) is 0 Å². The Morgan fingerprint density at radius 1 is 1.14 bits per heavy atom. The molecule has 2 atom stereocenters. The van der Waals surface area contributed by atoms with E-state index >= 15 is 0 Å². The van der Waals surface area contributed by atoms with Gasteiger partial charge < -0.3 is 14.5 Å². The molecule has 1 heterocycles. The minimum absolute atomic E-state index is 0.00173. The number of allylic oxidation sites excluding steroid dienone is 1. The van der Waals surface area contributed by atoms with Gasteiger partial charge in [-0.15, -0.1) is 0 Å². The van der Waals surface area contributed by atoms with E-state index < -0.39 is 0 Å². The van der Waals surface area contributed by atoms with Crippen LogP contribution < -0.4 is 4.74 Å². The lowest BCUT2D eigenvalue weighted by atomic mass is 9.49. The predicted octanol–water partition coefficient (Wildman–Crippen LogP) is 4.34. The highest BCUT2D eigenvalue weighted by atomic mass is 35.5. The quantitative estimate of drug-likeness (QED) is 0.472. The topological polar surface area (TPSA) is 53.1 Å². The number of hydrogen-bond acceptors (Lipinski definition) is 4. The van der Waals surface area contributed by atoms with Crippen molar-refractivity contribution in [2.45, 2.75) is 40.5 Å². The van der Waals surface area contributed by atoms with Crippen molar-refractivity contribution >= 4 is 23.4 Å². The summed E-state index contributed by atoms with van der Waals surface area (Å²) >= 11 is 5.90. The van der Waals surface area contributed by atoms with Crippen LogP contribution >= 0.6 is 11.6 Å². The summed E-state index contributed by atoms with van der Waals surface area (Å²) in [6.07, 6.45) is 4.84. The molecule has 192 valence electrons. The van der Waals surface area contributed by atoms with Crippen molar-refractivity contribution in [3.05, 3.63) is 40.9 Å². The summed E-state index contributed by atoms with van der Waals surface area (Å²) in [6, 6.07) is 7.04. The lowest BCUT2D eigenvalue weighted by molar-refractivity contribution is -0.135. The van der Waals surface area contributed by atoms with Gasteiger partial charge in [0.15, 0.2) is 6.61 Å². The van der Waals surface area contributed by atoms with E-state index in [1.807, 2.05) is 18.7 Å². The Kier molecular flexibility index (Phi) is 8.12. The molecule has 1 saturated heterocycles. The first-order valence-electron chi connectivity index (χ1n) is 13.0.